The summed E-state index contributed by atoms with van der Waals surface area (Å²) in [7, 11) is 3.86. The van der Waals surface area contributed by atoms with Gasteiger partial charge in [-0.25, -0.2) is 9.50 Å². The van der Waals surface area contributed by atoms with Crippen molar-refractivity contribution in [1.82, 2.24) is 24.4 Å². The monoisotopic (exact) mass is 413 g/mol. The highest BCUT2D eigenvalue weighted by atomic mass is 35.5. The number of ether oxygens (including phenoxy) is 1. The van der Waals surface area contributed by atoms with Crippen LogP contribution >= 0.6 is 12.4 Å². The molecule has 0 bridgehead atoms. The van der Waals surface area contributed by atoms with Gasteiger partial charge in [0.05, 0.1) is 7.11 Å². The Morgan fingerprint density at radius 2 is 1.90 bits per heavy atom. The predicted octanol–water partition coefficient (Wildman–Crippen LogP) is 2.53. The zero-order chi connectivity index (χ0) is 19.3. The summed E-state index contributed by atoms with van der Waals surface area (Å²) in [5, 5.41) is 4.21. The maximum atomic E-state index is 13.2. The van der Waals surface area contributed by atoms with E-state index in [0.717, 1.165) is 25.4 Å². The van der Waals surface area contributed by atoms with Crippen LogP contribution in [0.4, 0.5) is 0 Å². The van der Waals surface area contributed by atoms with Gasteiger partial charge < -0.3 is 9.64 Å². The Bertz CT molecular complexity index is 1020. The quantitative estimate of drug-likeness (QED) is 0.660. The maximum absolute atomic E-state index is 13.2. The molecule has 5 rings (SSSR count). The average molecular weight is 414 g/mol. The first kappa shape index (κ1) is 19.7. The van der Waals surface area contributed by atoms with Gasteiger partial charge in [-0.1, -0.05) is 18.2 Å². The van der Waals surface area contributed by atoms with Gasteiger partial charge >= 0.3 is 0 Å². The first-order chi connectivity index (χ1) is 13.7. The first-order valence-corrected chi connectivity index (χ1v) is 9.58. The van der Waals surface area contributed by atoms with E-state index in [1.165, 1.54) is 11.9 Å². The van der Waals surface area contributed by atoms with E-state index in [1.807, 2.05) is 35.2 Å². The number of carbonyl (C=O) groups excluding carboxylic acids is 1. The second-order valence-corrected chi connectivity index (χ2v) is 7.73. The molecule has 0 saturated carbocycles. The maximum Gasteiger partial charge on any atom is 0.272 e. The first-order valence-electron chi connectivity index (χ1n) is 9.58. The number of halogens is 1. The number of carbonyl (C=O) groups is 1. The molecule has 2 aromatic heterocycles. The summed E-state index contributed by atoms with van der Waals surface area (Å²) >= 11 is 0. The minimum Gasteiger partial charge on any atom is -0.497 e. The Balaban J connectivity index is 0.00000205. The molecule has 2 saturated heterocycles. The fourth-order valence-electron chi connectivity index (χ4n) is 4.90. The van der Waals surface area contributed by atoms with E-state index in [2.05, 4.69) is 34.2 Å². The van der Waals surface area contributed by atoms with E-state index in [9.17, 15) is 4.79 Å². The summed E-state index contributed by atoms with van der Waals surface area (Å²) in [5.74, 6) is 1.81. The number of pyridine rings is 1. The molecule has 0 spiro atoms. The predicted molar refractivity (Wildman–Crippen MR) is 111 cm³/mol. The summed E-state index contributed by atoms with van der Waals surface area (Å²) in [6.07, 6.45) is 1.49. The fourth-order valence-corrected chi connectivity index (χ4v) is 4.90. The van der Waals surface area contributed by atoms with Crippen LogP contribution in [0.25, 0.3) is 5.65 Å². The number of likely N-dealkylation sites (tertiary alicyclic amines) is 2. The van der Waals surface area contributed by atoms with Gasteiger partial charge in [-0.15, -0.1) is 12.4 Å². The van der Waals surface area contributed by atoms with Crippen LogP contribution in [0.15, 0.2) is 48.8 Å². The lowest BCUT2D eigenvalue weighted by molar-refractivity contribution is 0.0759. The summed E-state index contributed by atoms with van der Waals surface area (Å²) in [6, 6.07) is 14.2. The van der Waals surface area contributed by atoms with Gasteiger partial charge in [-0.05, 0) is 42.8 Å². The Kier molecular flexibility index (Phi) is 5.19. The van der Waals surface area contributed by atoms with E-state index in [4.69, 9.17) is 4.74 Å². The summed E-state index contributed by atoms with van der Waals surface area (Å²) in [6.45, 7) is 2.54. The van der Waals surface area contributed by atoms with Gasteiger partial charge in [-0.2, -0.15) is 5.10 Å². The third-order valence-corrected chi connectivity index (χ3v) is 6.16. The van der Waals surface area contributed by atoms with Crippen LogP contribution < -0.4 is 4.74 Å². The molecule has 3 atom stereocenters. The standard InChI is InChI=1S/C21H23N5O2.ClH/c1-24-10-15-11-25(21(27)18-4-3-5-19-22-13-23-26(18)19)12-17(15)20(24)14-6-8-16(28-2)9-7-14;/h3-9,13,15,17,20H,10-12H2,1-2H3;1H/t15-,17+,20-;/m0./s1. The second-order valence-electron chi connectivity index (χ2n) is 7.73. The molecule has 1 amide bonds. The normalized spacial score (nSPS) is 23.8. The molecule has 3 aromatic rings. The zero-order valence-electron chi connectivity index (χ0n) is 16.4. The van der Waals surface area contributed by atoms with E-state index >= 15 is 0 Å². The minimum atomic E-state index is 0. The Labute approximate surface area is 175 Å². The molecule has 0 aliphatic carbocycles. The second kappa shape index (κ2) is 7.65. The van der Waals surface area contributed by atoms with E-state index in [-0.39, 0.29) is 18.3 Å². The third-order valence-electron chi connectivity index (χ3n) is 6.16. The van der Waals surface area contributed by atoms with Gasteiger partial charge in [0.2, 0.25) is 0 Å². The molecule has 2 aliphatic rings. The summed E-state index contributed by atoms with van der Waals surface area (Å²) in [4.78, 5) is 21.8. The molecule has 0 N–H and O–H groups in total. The number of amides is 1. The number of rotatable bonds is 3. The SMILES string of the molecule is COc1ccc([C@H]2[C@@H]3CN(C(=O)c4cccc5ncnn45)C[C@@H]3CN2C)cc1.Cl. The molecule has 4 heterocycles. The number of benzene rings is 1. The number of hydrogen-bond donors (Lipinski definition) is 0. The Morgan fingerprint density at radius 1 is 1.10 bits per heavy atom. The summed E-state index contributed by atoms with van der Waals surface area (Å²) < 4.78 is 6.92. The highest BCUT2D eigenvalue weighted by Crippen LogP contribution is 2.44. The molecule has 0 radical (unpaired) electrons. The lowest BCUT2D eigenvalue weighted by atomic mass is 9.89. The molecule has 29 heavy (non-hydrogen) atoms. The molecule has 7 nitrogen and oxygen atoms in total. The number of methoxy groups -OCH3 is 1. The van der Waals surface area contributed by atoms with Gasteiger partial charge in [0.25, 0.3) is 5.91 Å². The number of fused-ring (bicyclic) bond motifs is 2. The fraction of sp³-hybridized carbons (Fsp3) is 0.381. The summed E-state index contributed by atoms with van der Waals surface area (Å²) in [5.41, 5.74) is 2.55. The Morgan fingerprint density at radius 3 is 2.66 bits per heavy atom. The lowest BCUT2D eigenvalue weighted by Crippen LogP contribution is -2.34. The highest BCUT2D eigenvalue weighted by Gasteiger charge is 2.47. The van der Waals surface area contributed by atoms with Crippen LogP contribution in [0.5, 0.6) is 5.75 Å². The average Bonchev–Trinajstić information content (AvgIpc) is 3.41. The van der Waals surface area contributed by atoms with Gasteiger partial charge in [0, 0.05) is 31.6 Å². The van der Waals surface area contributed by atoms with Crippen molar-refractivity contribution in [3.05, 3.63) is 60.0 Å². The zero-order valence-corrected chi connectivity index (χ0v) is 17.2. The van der Waals surface area contributed by atoms with Crippen molar-refractivity contribution in [2.75, 3.05) is 33.8 Å². The molecule has 8 heteroatoms. The van der Waals surface area contributed by atoms with Gasteiger partial charge in [-0.3, -0.25) is 9.69 Å². The molecule has 0 unspecified atom stereocenters. The van der Waals surface area contributed by atoms with E-state index in [1.54, 1.807) is 11.6 Å². The van der Waals surface area contributed by atoms with E-state index in [0.29, 0.717) is 29.2 Å². The van der Waals surface area contributed by atoms with Crippen LogP contribution in [-0.4, -0.2) is 64.1 Å². The van der Waals surface area contributed by atoms with Crippen LogP contribution in [0.2, 0.25) is 0 Å². The topological polar surface area (TPSA) is 63.0 Å². The number of hydrogen-bond acceptors (Lipinski definition) is 5. The molecule has 152 valence electrons. The molecular formula is C21H24ClN5O2. The van der Waals surface area contributed by atoms with Crippen molar-refractivity contribution in [3.8, 4) is 5.75 Å². The lowest BCUT2D eigenvalue weighted by Gasteiger charge is -2.27. The van der Waals surface area contributed by atoms with Gasteiger partial charge in [0.1, 0.15) is 17.8 Å². The third kappa shape index (κ3) is 3.24. The van der Waals surface area contributed by atoms with Crippen molar-refractivity contribution >= 4 is 24.0 Å². The van der Waals surface area contributed by atoms with Crippen molar-refractivity contribution in [3.63, 3.8) is 0 Å². The van der Waals surface area contributed by atoms with Crippen molar-refractivity contribution in [2.24, 2.45) is 11.8 Å². The van der Waals surface area contributed by atoms with Crippen LogP contribution in [0.3, 0.4) is 0 Å². The van der Waals surface area contributed by atoms with Crippen molar-refractivity contribution in [1.29, 1.82) is 0 Å². The Hall–Kier alpha value is -2.64. The van der Waals surface area contributed by atoms with Crippen molar-refractivity contribution < 1.29 is 9.53 Å². The van der Waals surface area contributed by atoms with Crippen LogP contribution in [0, 0.1) is 11.8 Å². The van der Waals surface area contributed by atoms with Crippen LogP contribution in [-0.2, 0) is 0 Å². The number of aromatic nitrogens is 3. The van der Waals surface area contributed by atoms with Crippen molar-refractivity contribution in [2.45, 2.75) is 6.04 Å². The largest absolute Gasteiger partial charge is 0.497 e. The van der Waals surface area contributed by atoms with Gasteiger partial charge in [0.15, 0.2) is 5.65 Å². The molecule has 2 aliphatic heterocycles. The van der Waals surface area contributed by atoms with Crippen LogP contribution in [0.1, 0.15) is 22.1 Å². The minimum absolute atomic E-state index is 0. The molecular weight excluding hydrogens is 390 g/mol. The number of nitrogens with zero attached hydrogens (tertiary/aromatic N) is 5. The molecule has 2 fully saturated rings. The molecule has 1 aromatic carbocycles. The van der Waals surface area contributed by atoms with E-state index < -0.39 is 0 Å². The smallest absolute Gasteiger partial charge is 0.272 e. The highest BCUT2D eigenvalue weighted by molar-refractivity contribution is 5.93.